The Kier molecular flexibility index (Phi) is 38.6. The number of amides is 1. The summed E-state index contributed by atoms with van der Waals surface area (Å²) in [6.45, 7) is 4.77. The van der Waals surface area contributed by atoms with Crippen molar-refractivity contribution in [1.82, 2.24) is 5.32 Å². The van der Waals surface area contributed by atoms with Crippen molar-refractivity contribution in [1.29, 1.82) is 0 Å². The van der Waals surface area contributed by atoms with Gasteiger partial charge in [-0.1, -0.05) is 145 Å². The van der Waals surface area contributed by atoms with Crippen LogP contribution in [-0.4, -0.2) is 41.6 Å². The number of unbranched alkanes of at least 4 members (excludes halogenated alkanes) is 14. The van der Waals surface area contributed by atoms with Crippen molar-refractivity contribution >= 4 is 17.8 Å². The van der Waals surface area contributed by atoms with Gasteiger partial charge in [-0.3, -0.25) is 9.59 Å². The Hall–Kier alpha value is -3.19. The summed E-state index contributed by atoms with van der Waals surface area (Å²) in [5.41, 5.74) is 5.48. The maximum atomic E-state index is 12.7. The Morgan fingerprint density at radius 1 is 0.574 bits per heavy atom. The van der Waals surface area contributed by atoms with Gasteiger partial charge in [0.25, 0.3) is 0 Å². The number of carboxylic acids is 1. The zero-order chi connectivity index (χ0) is 39.6. The Balaban J connectivity index is 4.12. The van der Waals surface area contributed by atoms with E-state index in [1.807, 2.05) is 0 Å². The lowest BCUT2D eigenvalue weighted by Crippen LogP contribution is -2.40. The quantitative estimate of drug-likeness (QED) is 0.0328. The van der Waals surface area contributed by atoms with Crippen LogP contribution in [0.2, 0.25) is 0 Å². The predicted molar refractivity (Wildman–Crippen MR) is 229 cm³/mol. The maximum Gasteiger partial charge on any atom is 0.326 e. The molecule has 0 saturated heterocycles. The van der Waals surface area contributed by atoms with Crippen LogP contribution in [0, 0.1) is 0 Å². The van der Waals surface area contributed by atoms with Crippen LogP contribution in [0.1, 0.15) is 187 Å². The van der Waals surface area contributed by atoms with E-state index >= 15 is 0 Å². The Morgan fingerprint density at radius 3 is 1.65 bits per heavy atom. The standard InChI is InChI=1S/C47H80N2O5/c1-3-5-7-9-11-12-13-14-15-16-17-18-19-20-21-22-23-24-25-26-27-29-35-41-46(51)54-43(37-32-28-10-8-6-4-2)38-33-30-31-34-40-45(50)49-44(47(52)53)39-36-42-48/h5,7,11-12,14-15,17-18,20-21,32,37,43-44H,3-4,6,8-10,13,16,19,22-31,33-36,38-42,48H2,1-2H3,(H,49,50)(H,52,53)/b7-5-,12-11-,15-14-,18-17-,21-20-,37-32-. The number of ether oxygens (including phenoxy) is 1. The molecule has 7 heteroatoms. The minimum Gasteiger partial charge on any atom is -0.480 e. The first-order valence-electron chi connectivity index (χ1n) is 21.8. The Labute approximate surface area is 331 Å². The zero-order valence-electron chi connectivity index (χ0n) is 34.5. The van der Waals surface area contributed by atoms with Gasteiger partial charge in [-0.25, -0.2) is 4.79 Å². The number of nitrogens with one attached hydrogen (secondary N) is 1. The molecule has 54 heavy (non-hydrogen) atoms. The summed E-state index contributed by atoms with van der Waals surface area (Å²) in [5.74, 6) is -1.35. The van der Waals surface area contributed by atoms with Gasteiger partial charge >= 0.3 is 11.9 Å². The largest absolute Gasteiger partial charge is 0.480 e. The van der Waals surface area contributed by atoms with Crippen molar-refractivity contribution in [2.45, 2.75) is 199 Å². The number of hydrogen-bond acceptors (Lipinski definition) is 5. The third-order valence-electron chi connectivity index (χ3n) is 9.24. The number of hydrogen-bond donors (Lipinski definition) is 3. The number of esters is 1. The number of allylic oxidation sites excluding steroid dienone is 11. The smallest absolute Gasteiger partial charge is 0.326 e. The van der Waals surface area contributed by atoms with Crippen LogP contribution in [0.4, 0.5) is 0 Å². The first-order chi connectivity index (χ1) is 26.4. The summed E-state index contributed by atoms with van der Waals surface area (Å²) in [4.78, 5) is 36.2. The lowest BCUT2D eigenvalue weighted by atomic mass is 10.1. The third kappa shape index (κ3) is 37.1. The van der Waals surface area contributed by atoms with E-state index in [9.17, 15) is 19.5 Å². The highest BCUT2D eigenvalue weighted by Gasteiger charge is 2.19. The van der Waals surface area contributed by atoms with E-state index in [1.54, 1.807) is 0 Å². The van der Waals surface area contributed by atoms with E-state index in [2.05, 4.69) is 92.1 Å². The molecule has 1 amide bonds. The molecule has 0 aromatic carbocycles. The van der Waals surface area contributed by atoms with Crippen LogP contribution in [0.15, 0.2) is 72.9 Å². The molecule has 0 aliphatic heterocycles. The van der Waals surface area contributed by atoms with Gasteiger partial charge in [-0.15, -0.1) is 0 Å². The maximum absolute atomic E-state index is 12.7. The molecule has 0 bridgehead atoms. The molecule has 0 aliphatic rings. The van der Waals surface area contributed by atoms with Crippen molar-refractivity contribution in [2.75, 3.05) is 6.54 Å². The molecule has 2 atom stereocenters. The summed E-state index contributed by atoms with van der Waals surface area (Å²) in [7, 11) is 0. The molecule has 0 fully saturated rings. The van der Waals surface area contributed by atoms with Gasteiger partial charge in [0.15, 0.2) is 0 Å². The zero-order valence-corrected chi connectivity index (χ0v) is 34.5. The Morgan fingerprint density at radius 2 is 1.07 bits per heavy atom. The number of rotatable bonds is 38. The molecular weight excluding hydrogens is 673 g/mol. The minimum atomic E-state index is -1.02. The molecule has 0 aliphatic carbocycles. The second kappa shape index (κ2) is 41.0. The second-order valence-electron chi connectivity index (χ2n) is 14.4. The Bertz CT molecular complexity index is 1070. The van der Waals surface area contributed by atoms with Crippen LogP contribution in [0.3, 0.4) is 0 Å². The van der Waals surface area contributed by atoms with Crippen LogP contribution in [0.5, 0.6) is 0 Å². The van der Waals surface area contributed by atoms with Crippen LogP contribution >= 0.6 is 0 Å². The van der Waals surface area contributed by atoms with Gasteiger partial charge in [0.1, 0.15) is 12.1 Å². The van der Waals surface area contributed by atoms with E-state index in [0.717, 1.165) is 89.9 Å². The summed E-state index contributed by atoms with van der Waals surface area (Å²) >= 11 is 0. The topological polar surface area (TPSA) is 119 Å². The number of carbonyl (C=O) groups is 3. The molecule has 0 spiro atoms. The van der Waals surface area contributed by atoms with Gasteiger partial charge in [-0.2, -0.15) is 0 Å². The summed E-state index contributed by atoms with van der Waals surface area (Å²) in [6.07, 6.45) is 52.6. The SMILES string of the molecule is CC/C=C\C/C=C\C/C=C\C/C=C\C/C=C\CCCCCCCCCC(=O)OC(/C=C\CCCCCC)CCCCCCC(=O)NC(CCCN)C(=O)O. The first kappa shape index (κ1) is 50.8. The van der Waals surface area contributed by atoms with Gasteiger partial charge in [0.2, 0.25) is 5.91 Å². The van der Waals surface area contributed by atoms with E-state index < -0.39 is 12.0 Å². The van der Waals surface area contributed by atoms with Crippen molar-refractivity contribution < 1.29 is 24.2 Å². The van der Waals surface area contributed by atoms with Gasteiger partial charge in [-0.05, 0) is 109 Å². The molecule has 0 rings (SSSR count). The lowest BCUT2D eigenvalue weighted by Gasteiger charge is -2.15. The van der Waals surface area contributed by atoms with E-state index in [1.165, 1.54) is 51.4 Å². The van der Waals surface area contributed by atoms with Crippen molar-refractivity contribution in [3.8, 4) is 0 Å². The summed E-state index contributed by atoms with van der Waals surface area (Å²) < 4.78 is 5.90. The number of carboxylic acid groups (broad SMARTS) is 1. The van der Waals surface area contributed by atoms with Crippen molar-refractivity contribution in [2.24, 2.45) is 5.73 Å². The monoisotopic (exact) mass is 753 g/mol. The van der Waals surface area contributed by atoms with E-state index in [4.69, 9.17) is 10.5 Å². The molecule has 0 saturated carbocycles. The highest BCUT2D eigenvalue weighted by Crippen LogP contribution is 2.15. The van der Waals surface area contributed by atoms with Gasteiger partial charge in [0, 0.05) is 12.8 Å². The van der Waals surface area contributed by atoms with Gasteiger partial charge in [0.05, 0.1) is 0 Å². The normalized spacial score (nSPS) is 13.4. The average molecular weight is 753 g/mol. The number of carbonyl (C=O) groups excluding carboxylic acids is 2. The van der Waals surface area contributed by atoms with Crippen LogP contribution in [0.25, 0.3) is 0 Å². The molecule has 308 valence electrons. The molecule has 7 nitrogen and oxygen atoms in total. The fourth-order valence-electron chi connectivity index (χ4n) is 5.97. The minimum absolute atomic E-state index is 0.105. The number of nitrogens with two attached hydrogens (primary N) is 1. The van der Waals surface area contributed by atoms with Crippen molar-refractivity contribution in [3.05, 3.63) is 72.9 Å². The highest BCUT2D eigenvalue weighted by molar-refractivity contribution is 5.83. The molecule has 2 unspecified atom stereocenters. The first-order valence-corrected chi connectivity index (χ1v) is 21.8. The lowest BCUT2D eigenvalue weighted by molar-refractivity contribution is -0.147. The molecule has 0 radical (unpaired) electrons. The average Bonchev–Trinajstić information content (AvgIpc) is 3.16. The fraction of sp³-hybridized carbons (Fsp3) is 0.681. The van der Waals surface area contributed by atoms with E-state index in [0.29, 0.717) is 38.6 Å². The van der Waals surface area contributed by atoms with Gasteiger partial charge < -0.3 is 20.9 Å². The summed E-state index contributed by atoms with van der Waals surface area (Å²) in [6, 6.07) is -0.874. The van der Waals surface area contributed by atoms with Crippen molar-refractivity contribution in [3.63, 3.8) is 0 Å². The molecule has 0 heterocycles. The third-order valence-corrected chi connectivity index (χ3v) is 9.24. The molecule has 4 N–H and O–H groups in total. The summed E-state index contributed by atoms with van der Waals surface area (Å²) in [5, 5.41) is 11.9. The van der Waals surface area contributed by atoms with E-state index in [-0.39, 0.29) is 18.0 Å². The highest BCUT2D eigenvalue weighted by atomic mass is 16.5. The fourth-order valence-corrected chi connectivity index (χ4v) is 5.97. The van der Waals surface area contributed by atoms with Crippen LogP contribution < -0.4 is 11.1 Å². The number of aliphatic carboxylic acids is 1. The molecular formula is C47H80N2O5. The molecule has 0 aromatic rings. The molecule has 0 aromatic heterocycles. The predicted octanol–water partition coefficient (Wildman–Crippen LogP) is 12.3. The van der Waals surface area contributed by atoms with Crippen LogP contribution in [-0.2, 0) is 19.1 Å². The second-order valence-corrected chi connectivity index (χ2v) is 14.4.